The van der Waals surface area contributed by atoms with Gasteiger partial charge in [-0.25, -0.2) is 4.79 Å². The number of hydrogen-bond donors (Lipinski definition) is 1. The van der Waals surface area contributed by atoms with E-state index in [0.29, 0.717) is 39.1 Å². The summed E-state index contributed by atoms with van der Waals surface area (Å²) in [5.74, 6) is -0.397. The summed E-state index contributed by atoms with van der Waals surface area (Å²) in [6.07, 6.45) is 5.77. The Labute approximate surface area is 200 Å². The van der Waals surface area contributed by atoms with Gasteiger partial charge >= 0.3 is 6.03 Å². The van der Waals surface area contributed by atoms with Gasteiger partial charge < -0.3 is 15.1 Å². The molecule has 9 heteroatoms. The number of urea groups is 1. The van der Waals surface area contributed by atoms with Gasteiger partial charge in [0.05, 0.1) is 6.54 Å². The quantitative estimate of drug-likeness (QED) is 0.665. The second-order valence-corrected chi connectivity index (χ2v) is 9.84. The molecule has 1 aliphatic carbocycles. The van der Waals surface area contributed by atoms with Gasteiger partial charge in [0.15, 0.2) is 0 Å². The van der Waals surface area contributed by atoms with Crippen LogP contribution in [-0.2, 0) is 26.3 Å². The molecule has 1 aromatic rings. The van der Waals surface area contributed by atoms with Crippen molar-refractivity contribution in [1.29, 1.82) is 0 Å². The summed E-state index contributed by atoms with van der Waals surface area (Å²) >= 11 is 0. The number of nitrogens with one attached hydrogen (secondary N) is 1. The summed E-state index contributed by atoms with van der Waals surface area (Å²) in [5.41, 5.74) is 0.863. The molecule has 0 saturated carbocycles. The van der Waals surface area contributed by atoms with Gasteiger partial charge in [-0.05, 0) is 36.8 Å². The van der Waals surface area contributed by atoms with Crippen LogP contribution in [0.3, 0.4) is 0 Å². The first-order chi connectivity index (χ1) is 16.5. The molecular weight excluding hydrogens is 434 g/mol. The van der Waals surface area contributed by atoms with Crippen molar-refractivity contribution in [3.05, 3.63) is 35.4 Å². The second-order valence-electron chi connectivity index (χ2n) is 9.84. The highest BCUT2D eigenvalue weighted by Crippen LogP contribution is 2.41. The van der Waals surface area contributed by atoms with Crippen molar-refractivity contribution in [1.82, 2.24) is 24.9 Å². The van der Waals surface area contributed by atoms with E-state index >= 15 is 0 Å². The molecule has 5 rings (SSSR count). The molecular formula is C25H33N5O4. The van der Waals surface area contributed by atoms with Crippen molar-refractivity contribution in [2.45, 2.75) is 44.1 Å². The number of likely N-dealkylation sites (tertiary alicyclic amines) is 1. The van der Waals surface area contributed by atoms with Gasteiger partial charge in [-0.2, -0.15) is 0 Å². The third-order valence-electron chi connectivity index (χ3n) is 7.76. The van der Waals surface area contributed by atoms with E-state index in [2.05, 4.69) is 10.2 Å². The molecule has 9 nitrogen and oxygen atoms in total. The number of amides is 5. The highest BCUT2D eigenvalue weighted by molar-refractivity contribution is 6.09. The summed E-state index contributed by atoms with van der Waals surface area (Å²) < 4.78 is 0. The van der Waals surface area contributed by atoms with E-state index in [4.69, 9.17) is 0 Å². The average molecular weight is 468 g/mol. The molecule has 0 radical (unpaired) electrons. The molecule has 182 valence electrons. The van der Waals surface area contributed by atoms with Crippen LogP contribution < -0.4 is 5.32 Å². The lowest BCUT2D eigenvalue weighted by Crippen LogP contribution is -2.53. The first kappa shape index (κ1) is 22.8. The number of fused-ring (bicyclic) bond motifs is 2. The Morgan fingerprint density at radius 3 is 2.21 bits per heavy atom. The molecule has 1 unspecified atom stereocenters. The molecule has 0 aromatic heterocycles. The minimum Gasteiger partial charge on any atom is -0.342 e. The van der Waals surface area contributed by atoms with E-state index in [-0.39, 0.29) is 24.3 Å². The summed E-state index contributed by atoms with van der Waals surface area (Å²) in [7, 11) is 0. The molecule has 1 N–H and O–H groups in total. The van der Waals surface area contributed by atoms with E-state index in [9.17, 15) is 19.2 Å². The smallest absolute Gasteiger partial charge is 0.325 e. The number of piperazine rings is 1. The van der Waals surface area contributed by atoms with Crippen LogP contribution in [0.1, 0.15) is 43.2 Å². The number of carbonyl (C=O) groups is 4. The number of imide groups is 1. The lowest BCUT2D eigenvalue weighted by Gasteiger charge is -2.35. The molecule has 5 amide bonds. The highest BCUT2D eigenvalue weighted by Gasteiger charge is 2.55. The van der Waals surface area contributed by atoms with E-state index in [1.54, 1.807) is 4.90 Å². The van der Waals surface area contributed by atoms with Crippen LogP contribution >= 0.6 is 0 Å². The van der Waals surface area contributed by atoms with E-state index in [1.165, 1.54) is 12.8 Å². The van der Waals surface area contributed by atoms with Crippen LogP contribution in [0.25, 0.3) is 0 Å². The average Bonchev–Trinajstić information content (AvgIpc) is 3.16. The molecule has 34 heavy (non-hydrogen) atoms. The first-order valence-corrected chi connectivity index (χ1v) is 12.5. The molecule has 0 bridgehead atoms. The normalized spacial score (nSPS) is 25.5. The van der Waals surface area contributed by atoms with Crippen molar-refractivity contribution in [3.63, 3.8) is 0 Å². The lowest BCUT2D eigenvalue weighted by atomic mass is 9.92. The maximum Gasteiger partial charge on any atom is 0.325 e. The van der Waals surface area contributed by atoms with Crippen LogP contribution in [0, 0.1) is 0 Å². The van der Waals surface area contributed by atoms with Crippen LogP contribution in [0.5, 0.6) is 0 Å². The van der Waals surface area contributed by atoms with Gasteiger partial charge in [-0.15, -0.1) is 0 Å². The van der Waals surface area contributed by atoms with Crippen molar-refractivity contribution < 1.29 is 19.2 Å². The van der Waals surface area contributed by atoms with Crippen molar-refractivity contribution in [2.24, 2.45) is 0 Å². The zero-order valence-corrected chi connectivity index (χ0v) is 19.6. The number of aryl methyl sites for hydroxylation is 1. The second kappa shape index (κ2) is 9.37. The van der Waals surface area contributed by atoms with Crippen LogP contribution in [0.15, 0.2) is 24.3 Å². The van der Waals surface area contributed by atoms with Crippen molar-refractivity contribution >= 4 is 23.8 Å². The zero-order chi connectivity index (χ0) is 23.7. The van der Waals surface area contributed by atoms with Crippen molar-refractivity contribution in [3.8, 4) is 0 Å². The summed E-state index contributed by atoms with van der Waals surface area (Å²) in [6.45, 7) is 4.03. The van der Waals surface area contributed by atoms with E-state index in [0.717, 1.165) is 48.4 Å². The number of carbonyl (C=O) groups excluding carboxylic acids is 4. The molecule has 3 fully saturated rings. The molecule has 3 saturated heterocycles. The molecule has 1 spiro atoms. The topological polar surface area (TPSA) is 93.3 Å². The molecule has 1 aromatic carbocycles. The SMILES string of the molecule is O=C(CN1CCN(C(=O)CN2C(=O)NC3(CCc4ccccc43)C2=O)CC1)N1CCCCCC1. The fraction of sp³-hybridized carbons (Fsp3) is 0.600. The Kier molecular flexibility index (Phi) is 6.29. The predicted molar refractivity (Wildman–Crippen MR) is 125 cm³/mol. The standard InChI is InChI=1S/C25H33N5O4/c31-21(28-11-5-1-2-6-12-28)17-27-13-15-29(16-14-27)22(32)18-30-23(33)25(26-24(30)34)10-9-19-7-3-4-8-20(19)25/h3-4,7-8H,1-2,5-6,9-18H2,(H,26,34). The van der Waals surface area contributed by atoms with Crippen LogP contribution in [0.4, 0.5) is 4.79 Å². The fourth-order valence-electron chi connectivity index (χ4n) is 5.74. The maximum atomic E-state index is 13.3. The third kappa shape index (κ3) is 4.17. The van der Waals surface area contributed by atoms with E-state index in [1.807, 2.05) is 29.2 Å². The van der Waals surface area contributed by atoms with Gasteiger partial charge in [0.1, 0.15) is 12.1 Å². The highest BCUT2D eigenvalue weighted by atomic mass is 16.2. The number of rotatable bonds is 4. The number of benzene rings is 1. The Hall–Kier alpha value is -2.94. The molecule has 3 aliphatic heterocycles. The lowest BCUT2D eigenvalue weighted by molar-refractivity contribution is -0.140. The Morgan fingerprint density at radius 2 is 1.47 bits per heavy atom. The van der Waals surface area contributed by atoms with Gasteiger partial charge in [0.2, 0.25) is 11.8 Å². The maximum absolute atomic E-state index is 13.3. The monoisotopic (exact) mass is 467 g/mol. The first-order valence-electron chi connectivity index (χ1n) is 12.5. The summed E-state index contributed by atoms with van der Waals surface area (Å²) in [5, 5.41) is 2.87. The van der Waals surface area contributed by atoms with Crippen molar-refractivity contribution in [2.75, 3.05) is 52.4 Å². The largest absolute Gasteiger partial charge is 0.342 e. The molecule has 1 atom stereocenters. The fourth-order valence-corrected chi connectivity index (χ4v) is 5.74. The summed E-state index contributed by atoms with van der Waals surface area (Å²) in [6, 6.07) is 7.17. The Bertz CT molecular complexity index is 981. The van der Waals surface area contributed by atoms with Gasteiger partial charge in [0.25, 0.3) is 5.91 Å². The zero-order valence-electron chi connectivity index (χ0n) is 19.6. The van der Waals surface area contributed by atoms with E-state index < -0.39 is 11.6 Å². The van der Waals surface area contributed by atoms with Crippen LogP contribution in [-0.4, -0.2) is 95.7 Å². The Morgan fingerprint density at radius 1 is 0.824 bits per heavy atom. The molecule has 4 aliphatic rings. The van der Waals surface area contributed by atoms with Gasteiger partial charge in [0, 0.05) is 39.3 Å². The molecule has 3 heterocycles. The number of hydrogen-bond acceptors (Lipinski definition) is 5. The van der Waals surface area contributed by atoms with Crippen LogP contribution in [0.2, 0.25) is 0 Å². The summed E-state index contributed by atoms with van der Waals surface area (Å²) in [4.78, 5) is 58.4. The third-order valence-corrected chi connectivity index (χ3v) is 7.76. The Balaban J connectivity index is 1.14. The minimum absolute atomic E-state index is 0.170. The van der Waals surface area contributed by atoms with Gasteiger partial charge in [-0.3, -0.25) is 24.2 Å². The van der Waals surface area contributed by atoms with Gasteiger partial charge in [-0.1, -0.05) is 37.1 Å². The number of nitrogens with zero attached hydrogens (tertiary/aromatic N) is 4. The minimum atomic E-state index is -1.04. The predicted octanol–water partition coefficient (Wildman–Crippen LogP) is 0.927.